The first kappa shape index (κ1) is 23.8. The summed E-state index contributed by atoms with van der Waals surface area (Å²) < 4.78 is 0. The van der Waals surface area contributed by atoms with Crippen LogP contribution in [0.25, 0.3) is 10.4 Å². The first-order chi connectivity index (χ1) is 15.9. The quantitative estimate of drug-likeness (QED) is 0.687. The number of hydrogen-bond donors (Lipinski definition) is 1. The predicted molar refractivity (Wildman–Crippen MR) is 135 cm³/mol. The Balaban J connectivity index is 1.33. The SMILES string of the molecule is CCc1ccc(-c2ccc(C(=O)N(C)[C@H]3CCN(C(=O)N4CC[C@@H](NC(C)C)C4)C3)s2)cc1. The molecule has 6 nitrogen and oxygen atoms in total. The number of rotatable bonds is 6. The van der Waals surface area contributed by atoms with Gasteiger partial charge in [-0.25, -0.2) is 4.79 Å². The van der Waals surface area contributed by atoms with Crippen molar-refractivity contribution >= 4 is 23.3 Å². The van der Waals surface area contributed by atoms with Crippen molar-refractivity contribution in [2.45, 2.75) is 58.2 Å². The molecule has 0 bridgehead atoms. The monoisotopic (exact) mass is 468 g/mol. The van der Waals surface area contributed by atoms with E-state index in [2.05, 4.69) is 50.4 Å². The molecule has 2 saturated heterocycles. The van der Waals surface area contributed by atoms with Gasteiger partial charge in [-0.1, -0.05) is 45.0 Å². The molecule has 2 aromatic rings. The van der Waals surface area contributed by atoms with Gasteiger partial charge in [0.25, 0.3) is 5.91 Å². The molecule has 2 atom stereocenters. The lowest BCUT2D eigenvalue weighted by atomic mass is 10.1. The van der Waals surface area contributed by atoms with E-state index in [1.807, 2.05) is 33.9 Å². The first-order valence-corrected chi connectivity index (χ1v) is 12.9. The number of likely N-dealkylation sites (tertiary alicyclic amines) is 2. The number of hydrogen-bond acceptors (Lipinski definition) is 4. The Hall–Kier alpha value is -2.38. The summed E-state index contributed by atoms with van der Waals surface area (Å²) in [5.41, 5.74) is 2.46. The van der Waals surface area contributed by atoms with E-state index in [0.29, 0.717) is 25.2 Å². The van der Waals surface area contributed by atoms with Crippen molar-refractivity contribution in [3.63, 3.8) is 0 Å². The van der Waals surface area contributed by atoms with Crippen LogP contribution in [0.4, 0.5) is 4.79 Å². The van der Waals surface area contributed by atoms with Gasteiger partial charge >= 0.3 is 6.03 Å². The van der Waals surface area contributed by atoms with E-state index in [-0.39, 0.29) is 18.0 Å². The van der Waals surface area contributed by atoms with Gasteiger partial charge in [0.05, 0.1) is 10.9 Å². The Morgan fingerprint density at radius 3 is 2.45 bits per heavy atom. The molecule has 1 aromatic carbocycles. The summed E-state index contributed by atoms with van der Waals surface area (Å²) >= 11 is 1.54. The summed E-state index contributed by atoms with van der Waals surface area (Å²) in [4.78, 5) is 33.7. The van der Waals surface area contributed by atoms with Gasteiger partial charge in [0.1, 0.15) is 0 Å². The topological polar surface area (TPSA) is 55.9 Å². The lowest BCUT2D eigenvalue weighted by molar-refractivity contribution is 0.0740. The second-order valence-corrected chi connectivity index (χ2v) is 10.6. The normalized spacial score (nSPS) is 20.6. The fraction of sp³-hybridized carbons (Fsp3) is 0.538. The summed E-state index contributed by atoms with van der Waals surface area (Å²) in [6.07, 6.45) is 2.85. The molecule has 2 fully saturated rings. The zero-order valence-electron chi connectivity index (χ0n) is 20.2. The third kappa shape index (κ3) is 5.41. The number of nitrogens with one attached hydrogen (secondary N) is 1. The van der Waals surface area contributed by atoms with Crippen molar-refractivity contribution in [2.75, 3.05) is 33.2 Å². The molecule has 3 heterocycles. The number of benzene rings is 1. The van der Waals surface area contributed by atoms with E-state index in [9.17, 15) is 9.59 Å². The van der Waals surface area contributed by atoms with Crippen LogP contribution in [0.15, 0.2) is 36.4 Å². The van der Waals surface area contributed by atoms with Gasteiger partial charge < -0.3 is 20.0 Å². The molecule has 2 aliphatic heterocycles. The maximum Gasteiger partial charge on any atom is 0.320 e. The summed E-state index contributed by atoms with van der Waals surface area (Å²) in [6, 6.07) is 13.5. The molecular formula is C26H36N4O2S. The third-order valence-corrected chi connectivity index (χ3v) is 7.92. The Morgan fingerprint density at radius 2 is 1.76 bits per heavy atom. The minimum absolute atomic E-state index is 0.0399. The van der Waals surface area contributed by atoms with E-state index >= 15 is 0 Å². The van der Waals surface area contributed by atoms with E-state index in [1.165, 1.54) is 5.56 Å². The zero-order valence-corrected chi connectivity index (χ0v) is 21.0. The van der Waals surface area contributed by atoms with Crippen LogP contribution in [0.5, 0.6) is 0 Å². The van der Waals surface area contributed by atoms with Gasteiger partial charge in [-0.2, -0.15) is 0 Å². The average molecular weight is 469 g/mol. The van der Waals surface area contributed by atoms with E-state index < -0.39 is 0 Å². The third-order valence-electron chi connectivity index (χ3n) is 6.79. The van der Waals surface area contributed by atoms with Crippen LogP contribution >= 0.6 is 11.3 Å². The van der Waals surface area contributed by atoms with Crippen LogP contribution < -0.4 is 5.32 Å². The number of carbonyl (C=O) groups excluding carboxylic acids is 2. The molecule has 1 N–H and O–H groups in total. The van der Waals surface area contributed by atoms with Gasteiger partial charge in [0.15, 0.2) is 0 Å². The molecule has 0 saturated carbocycles. The van der Waals surface area contributed by atoms with Crippen molar-refractivity contribution in [1.82, 2.24) is 20.0 Å². The molecule has 2 aliphatic rings. The van der Waals surface area contributed by atoms with Crippen LogP contribution in [0.2, 0.25) is 0 Å². The summed E-state index contributed by atoms with van der Waals surface area (Å²) in [7, 11) is 1.87. The molecule has 33 heavy (non-hydrogen) atoms. The van der Waals surface area contributed by atoms with Crippen LogP contribution in [0.1, 0.15) is 48.8 Å². The van der Waals surface area contributed by atoms with Crippen LogP contribution in [-0.2, 0) is 6.42 Å². The fourth-order valence-electron chi connectivity index (χ4n) is 4.83. The molecule has 3 amide bonds. The van der Waals surface area contributed by atoms with Gasteiger partial charge in [0, 0.05) is 50.2 Å². The van der Waals surface area contributed by atoms with Crippen molar-refractivity contribution in [3.05, 3.63) is 46.8 Å². The number of thiophene rings is 1. The van der Waals surface area contributed by atoms with Crippen LogP contribution in [0.3, 0.4) is 0 Å². The highest BCUT2D eigenvalue weighted by Gasteiger charge is 2.36. The molecule has 0 aliphatic carbocycles. The second-order valence-electron chi connectivity index (χ2n) is 9.55. The van der Waals surface area contributed by atoms with Crippen molar-refractivity contribution in [1.29, 1.82) is 0 Å². The van der Waals surface area contributed by atoms with Gasteiger partial charge in [-0.15, -0.1) is 11.3 Å². The van der Waals surface area contributed by atoms with E-state index in [1.54, 1.807) is 11.3 Å². The largest absolute Gasteiger partial charge is 0.336 e. The highest BCUT2D eigenvalue weighted by Crippen LogP contribution is 2.30. The molecule has 178 valence electrons. The molecule has 0 radical (unpaired) electrons. The van der Waals surface area contributed by atoms with Crippen LogP contribution in [0, 0.1) is 0 Å². The van der Waals surface area contributed by atoms with Gasteiger partial charge in [0.2, 0.25) is 0 Å². The number of urea groups is 1. The van der Waals surface area contributed by atoms with Crippen molar-refractivity contribution in [2.24, 2.45) is 0 Å². The van der Waals surface area contributed by atoms with E-state index in [0.717, 1.165) is 47.7 Å². The lowest BCUT2D eigenvalue weighted by Crippen LogP contribution is -2.45. The highest BCUT2D eigenvalue weighted by atomic mass is 32.1. The Kier molecular flexibility index (Phi) is 7.39. The Labute approximate surface area is 201 Å². The molecule has 0 unspecified atom stereocenters. The number of nitrogens with zero attached hydrogens (tertiary/aromatic N) is 3. The number of aryl methyl sites for hydroxylation is 1. The Bertz CT molecular complexity index is 971. The molecule has 1 aromatic heterocycles. The minimum Gasteiger partial charge on any atom is -0.336 e. The van der Waals surface area contributed by atoms with E-state index in [4.69, 9.17) is 0 Å². The highest BCUT2D eigenvalue weighted by molar-refractivity contribution is 7.17. The summed E-state index contributed by atoms with van der Waals surface area (Å²) in [5, 5.41) is 3.53. The number of likely N-dealkylation sites (N-methyl/N-ethyl adjacent to an activating group) is 1. The zero-order chi connectivity index (χ0) is 23.5. The molecule has 7 heteroatoms. The first-order valence-electron chi connectivity index (χ1n) is 12.1. The summed E-state index contributed by atoms with van der Waals surface area (Å²) in [6.45, 7) is 9.31. The lowest BCUT2D eigenvalue weighted by Gasteiger charge is -2.27. The number of amides is 3. The molecular weight excluding hydrogens is 432 g/mol. The number of carbonyl (C=O) groups is 2. The maximum absolute atomic E-state index is 13.2. The minimum atomic E-state index is 0.0399. The van der Waals surface area contributed by atoms with Gasteiger partial charge in [-0.05, 0) is 42.5 Å². The molecule has 0 spiro atoms. The fourth-order valence-corrected chi connectivity index (χ4v) is 5.82. The average Bonchev–Trinajstić information content (AvgIpc) is 3.58. The standard InChI is InChI=1S/C26H36N4O2S/c1-5-19-6-8-20(9-7-19)23-10-11-24(33-23)25(31)28(4)22-13-15-30(17-22)26(32)29-14-12-21(16-29)27-18(2)3/h6-11,18,21-22,27H,5,12-17H2,1-4H3/t21-,22+/m1/s1. The van der Waals surface area contributed by atoms with Crippen molar-refractivity contribution < 1.29 is 9.59 Å². The maximum atomic E-state index is 13.2. The predicted octanol–water partition coefficient (Wildman–Crippen LogP) is 4.32. The van der Waals surface area contributed by atoms with Crippen LogP contribution in [-0.4, -0.2) is 78.0 Å². The second kappa shape index (κ2) is 10.3. The smallest absolute Gasteiger partial charge is 0.320 e. The van der Waals surface area contributed by atoms with Gasteiger partial charge in [-0.3, -0.25) is 4.79 Å². The molecule has 4 rings (SSSR count). The van der Waals surface area contributed by atoms with Crippen molar-refractivity contribution in [3.8, 4) is 10.4 Å². The Morgan fingerprint density at radius 1 is 1.06 bits per heavy atom. The summed E-state index contributed by atoms with van der Waals surface area (Å²) in [5.74, 6) is 0.0399.